The molecule has 2 rings (SSSR count). The van der Waals surface area contributed by atoms with E-state index < -0.39 is 16.8 Å². The molecule has 0 aliphatic rings. The predicted molar refractivity (Wildman–Crippen MR) is 85.7 cm³/mol. The fourth-order valence-electron chi connectivity index (χ4n) is 1.70. The lowest BCUT2D eigenvalue weighted by molar-refractivity contribution is -0.384. The molecule has 2 aromatic carbocycles. The molecular weight excluding hydrogens is 325 g/mol. The lowest BCUT2D eigenvalue weighted by Gasteiger charge is -2.06. The summed E-state index contributed by atoms with van der Waals surface area (Å²) in [6.07, 6.45) is 2.63. The third-order valence-electron chi connectivity index (χ3n) is 2.79. The maximum absolute atomic E-state index is 13.4. The van der Waals surface area contributed by atoms with Crippen LogP contribution in [0.5, 0.6) is 0 Å². The van der Waals surface area contributed by atoms with E-state index in [-0.39, 0.29) is 16.4 Å². The number of hydrogen-bond donors (Lipinski definition) is 2. The molecule has 0 bridgehead atoms. The number of carbonyl (C=O) groups is 1. The van der Waals surface area contributed by atoms with E-state index >= 15 is 0 Å². The second-order valence-electron chi connectivity index (χ2n) is 4.37. The summed E-state index contributed by atoms with van der Waals surface area (Å²) in [5, 5.41) is 15.6. The Bertz CT molecular complexity index is 780. The van der Waals surface area contributed by atoms with E-state index in [9.17, 15) is 19.3 Å². The van der Waals surface area contributed by atoms with E-state index in [2.05, 4.69) is 10.6 Å². The number of rotatable bonds is 4. The monoisotopic (exact) mass is 335 g/mol. The molecule has 6 nitrogen and oxygen atoms in total. The molecule has 0 spiro atoms. The quantitative estimate of drug-likeness (QED) is 0.649. The van der Waals surface area contributed by atoms with Crippen LogP contribution in [0.3, 0.4) is 0 Å². The summed E-state index contributed by atoms with van der Waals surface area (Å²) in [5.74, 6) is -0.423. The number of hydrogen-bond acceptors (Lipinski definition) is 3. The van der Waals surface area contributed by atoms with Crippen molar-refractivity contribution in [3.8, 4) is 0 Å². The SMILES string of the molecule is O=C(N/C=C/c1ccccc1F)Nc1cc([N+](=O)[O-])ccc1Cl. The molecule has 0 aliphatic heterocycles. The third-order valence-corrected chi connectivity index (χ3v) is 3.12. The highest BCUT2D eigenvalue weighted by Gasteiger charge is 2.11. The van der Waals surface area contributed by atoms with Crippen molar-refractivity contribution in [1.82, 2.24) is 5.32 Å². The summed E-state index contributed by atoms with van der Waals surface area (Å²) in [6.45, 7) is 0. The molecule has 0 atom stereocenters. The van der Waals surface area contributed by atoms with Crippen LogP contribution in [-0.2, 0) is 0 Å². The van der Waals surface area contributed by atoms with Gasteiger partial charge in [0.1, 0.15) is 5.82 Å². The van der Waals surface area contributed by atoms with Crippen LogP contribution < -0.4 is 10.6 Å². The normalized spacial score (nSPS) is 10.5. The average molecular weight is 336 g/mol. The Morgan fingerprint density at radius 1 is 1.26 bits per heavy atom. The number of nitrogens with zero attached hydrogens (tertiary/aromatic N) is 1. The van der Waals surface area contributed by atoms with Crippen LogP contribution in [0.15, 0.2) is 48.7 Å². The standard InChI is InChI=1S/C15H11ClFN3O3/c16-12-6-5-11(20(22)23)9-14(12)19-15(21)18-8-7-10-3-1-2-4-13(10)17/h1-9H,(H2,18,19,21)/b8-7+. The second-order valence-corrected chi connectivity index (χ2v) is 4.78. The highest BCUT2D eigenvalue weighted by molar-refractivity contribution is 6.33. The molecule has 8 heteroatoms. The number of anilines is 1. The number of carbonyl (C=O) groups excluding carboxylic acids is 1. The zero-order chi connectivity index (χ0) is 16.8. The lowest BCUT2D eigenvalue weighted by Crippen LogP contribution is -2.23. The van der Waals surface area contributed by atoms with Crippen molar-refractivity contribution in [3.05, 3.63) is 75.2 Å². The van der Waals surface area contributed by atoms with Crippen LogP contribution in [0.4, 0.5) is 20.6 Å². The van der Waals surface area contributed by atoms with Crippen LogP contribution in [0.25, 0.3) is 6.08 Å². The van der Waals surface area contributed by atoms with Crippen LogP contribution in [0.1, 0.15) is 5.56 Å². The van der Waals surface area contributed by atoms with Gasteiger partial charge < -0.3 is 10.6 Å². The molecule has 23 heavy (non-hydrogen) atoms. The smallest absolute Gasteiger partial charge is 0.314 e. The Hall–Kier alpha value is -2.93. The first kappa shape index (κ1) is 16.4. The maximum Gasteiger partial charge on any atom is 0.323 e. The Morgan fingerprint density at radius 3 is 2.70 bits per heavy atom. The molecule has 2 amide bonds. The fraction of sp³-hybridized carbons (Fsp3) is 0. The topological polar surface area (TPSA) is 84.3 Å². The zero-order valence-corrected chi connectivity index (χ0v) is 12.4. The van der Waals surface area contributed by atoms with E-state index in [0.717, 1.165) is 6.07 Å². The third kappa shape index (κ3) is 4.52. The van der Waals surface area contributed by atoms with Gasteiger partial charge in [-0.05, 0) is 18.2 Å². The number of nitro benzene ring substituents is 1. The summed E-state index contributed by atoms with van der Waals surface area (Å²) in [6, 6.07) is 9.06. The average Bonchev–Trinajstić information content (AvgIpc) is 2.51. The van der Waals surface area contributed by atoms with Gasteiger partial charge in [0.15, 0.2) is 0 Å². The first-order chi connectivity index (χ1) is 11.0. The Morgan fingerprint density at radius 2 is 2.00 bits per heavy atom. The predicted octanol–water partition coefficient (Wildman–Crippen LogP) is 4.18. The molecule has 2 aromatic rings. The Kier molecular flexibility index (Phi) is 5.27. The largest absolute Gasteiger partial charge is 0.323 e. The molecule has 2 N–H and O–H groups in total. The van der Waals surface area contributed by atoms with E-state index in [0.29, 0.717) is 5.56 Å². The molecule has 0 heterocycles. The van der Waals surface area contributed by atoms with Gasteiger partial charge >= 0.3 is 6.03 Å². The van der Waals surface area contributed by atoms with Crippen molar-refractivity contribution >= 4 is 35.1 Å². The van der Waals surface area contributed by atoms with Crippen molar-refractivity contribution in [2.75, 3.05) is 5.32 Å². The van der Waals surface area contributed by atoms with Crippen molar-refractivity contribution in [2.45, 2.75) is 0 Å². The van der Waals surface area contributed by atoms with Crippen LogP contribution in [0.2, 0.25) is 5.02 Å². The highest BCUT2D eigenvalue weighted by atomic mass is 35.5. The highest BCUT2D eigenvalue weighted by Crippen LogP contribution is 2.26. The minimum absolute atomic E-state index is 0.0951. The molecule has 0 saturated heterocycles. The van der Waals surface area contributed by atoms with Crippen molar-refractivity contribution in [3.63, 3.8) is 0 Å². The van der Waals surface area contributed by atoms with Gasteiger partial charge in [-0.15, -0.1) is 0 Å². The molecule has 118 valence electrons. The molecule has 0 saturated carbocycles. The van der Waals surface area contributed by atoms with Crippen molar-refractivity contribution in [2.24, 2.45) is 0 Å². The van der Waals surface area contributed by atoms with Crippen LogP contribution in [-0.4, -0.2) is 11.0 Å². The molecule has 0 unspecified atom stereocenters. The van der Waals surface area contributed by atoms with E-state index in [4.69, 9.17) is 11.6 Å². The number of benzene rings is 2. The van der Waals surface area contributed by atoms with Gasteiger partial charge in [0.05, 0.1) is 15.6 Å². The summed E-state index contributed by atoms with van der Waals surface area (Å²) < 4.78 is 13.4. The number of nitrogens with one attached hydrogen (secondary N) is 2. The van der Waals surface area contributed by atoms with Gasteiger partial charge in [0.2, 0.25) is 0 Å². The number of urea groups is 1. The Labute approximate surface area is 135 Å². The molecule has 0 aliphatic carbocycles. The Balaban J connectivity index is 2.01. The number of amides is 2. The summed E-state index contributed by atoms with van der Waals surface area (Å²) in [4.78, 5) is 21.8. The van der Waals surface area contributed by atoms with Crippen LogP contribution >= 0.6 is 11.6 Å². The summed E-state index contributed by atoms with van der Waals surface area (Å²) >= 11 is 5.86. The zero-order valence-electron chi connectivity index (χ0n) is 11.6. The van der Waals surface area contributed by atoms with Crippen molar-refractivity contribution in [1.29, 1.82) is 0 Å². The number of nitro groups is 1. The first-order valence-electron chi connectivity index (χ1n) is 6.40. The van der Waals surface area contributed by atoms with Gasteiger partial charge in [-0.25, -0.2) is 9.18 Å². The van der Waals surface area contributed by atoms with E-state index in [1.54, 1.807) is 18.2 Å². The molecule has 0 radical (unpaired) electrons. The molecule has 0 aromatic heterocycles. The number of non-ortho nitro benzene ring substituents is 1. The number of halogens is 2. The van der Waals surface area contributed by atoms with Gasteiger partial charge in [0.25, 0.3) is 5.69 Å². The summed E-state index contributed by atoms with van der Waals surface area (Å²) in [7, 11) is 0. The molecular formula is C15H11ClFN3O3. The summed E-state index contributed by atoms with van der Waals surface area (Å²) in [5.41, 5.74) is 0.199. The van der Waals surface area contributed by atoms with E-state index in [1.807, 2.05) is 0 Å². The van der Waals surface area contributed by atoms with Gasteiger partial charge in [-0.3, -0.25) is 10.1 Å². The maximum atomic E-state index is 13.4. The van der Waals surface area contributed by atoms with Crippen LogP contribution in [0, 0.1) is 15.9 Å². The van der Waals surface area contributed by atoms with Gasteiger partial charge in [0, 0.05) is 23.9 Å². The lowest BCUT2D eigenvalue weighted by atomic mass is 10.2. The minimum Gasteiger partial charge on any atom is -0.314 e. The van der Waals surface area contributed by atoms with Crippen molar-refractivity contribution < 1.29 is 14.1 Å². The second kappa shape index (κ2) is 7.37. The van der Waals surface area contributed by atoms with Gasteiger partial charge in [-0.1, -0.05) is 29.8 Å². The first-order valence-corrected chi connectivity index (χ1v) is 6.77. The molecule has 0 fully saturated rings. The minimum atomic E-state index is -0.667. The van der Waals surface area contributed by atoms with Gasteiger partial charge in [-0.2, -0.15) is 0 Å². The van der Waals surface area contributed by atoms with E-state index in [1.165, 1.54) is 30.5 Å². The fourth-order valence-corrected chi connectivity index (χ4v) is 1.86.